The number of hydrogen-bond donors (Lipinski definition) is 6. The second-order valence-corrected chi connectivity index (χ2v) is 21.9. The van der Waals surface area contributed by atoms with Gasteiger partial charge in [-0.2, -0.15) is 0 Å². The molecular formula is C59H109O12P. The molecule has 0 aromatic heterocycles. The van der Waals surface area contributed by atoms with E-state index in [2.05, 4.69) is 62.5 Å². The molecule has 6 unspecified atom stereocenters. The van der Waals surface area contributed by atoms with Gasteiger partial charge in [0.05, 0.1) is 13.2 Å². The monoisotopic (exact) mass is 1040 g/mol. The summed E-state index contributed by atoms with van der Waals surface area (Å²) >= 11 is 0. The maximum absolute atomic E-state index is 12.9. The van der Waals surface area contributed by atoms with Gasteiger partial charge in [0.1, 0.15) is 42.7 Å². The van der Waals surface area contributed by atoms with Crippen LogP contribution in [0.5, 0.6) is 0 Å². The molecule has 0 aromatic carbocycles. The molecule has 1 saturated carbocycles. The van der Waals surface area contributed by atoms with Crippen LogP contribution in [0.4, 0.5) is 0 Å². The number of carbonyl (C=O) groups excluding carboxylic acids is 1. The molecule has 1 aliphatic rings. The van der Waals surface area contributed by atoms with Crippen molar-refractivity contribution in [3.8, 4) is 0 Å². The first-order valence-electron chi connectivity index (χ1n) is 29.5. The Morgan fingerprint density at radius 1 is 0.444 bits per heavy atom. The fourth-order valence-corrected chi connectivity index (χ4v) is 9.98. The Kier molecular flexibility index (Phi) is 46.4. The number of aliphatic hydroxyl groups excluding tert-OH is 5. The highest BCUT2D eigenvalue weighted by Crippen LogP contribution is 2.47. The van der Waals surface area contributed by atoms with Gasteiger partial charge in [0.2, 0.25) is 0 Å². The molecular weight excluding hydrogens is 932 g/mol. The lowest BCUT2D eigenvalue weighted by Crippen LogP contribution is -2.64. The van der Waals surface area contributed by atoms with Gasteiger partial charge in [-0.15, -0.1) is 0 Å². The summed E-state index contributed by atoms with van der Waals surface area (Å²) in [5.41, 5.74) is 0. The molecule has 1 fully saturated rings. The second-order valence-electron chi connectivity index (χ2n) is 20.5. The Morgan fingerprint density at radius 2 is 0.778 bits per heavy atom. The highest BCUT2D eigenvalue weighted by atomic mass is 31.2. The molecule has 0 bridgehead atoms. The van der Waals surface area contributed by atoms with E-state index in [1.165, 1.54) is 173 Å². The van der Waals surface area contributed by atoms with E-state index < -0.39 is 63.1 Å². The summed E-state index contributed by atoms with van der Waals surface area (Å²) in [6.07, 6.45) is 50.3. The molecule has 0 heterocycles. The van der Waals surface area contributed by atoms with Crippen molar-refractivity contribution in [1.82, 2.24) is 0 Å². The normalized spacial score (nSPS) is 20.9. The van der Waals surface area contributed by atoms with Gasteiger partial charge >= 0.3 is 13.8 Å². The summed E-state index contributed by atoms with van der Waals surface area (Å²) in [5, 5.41) is 50.5. The molecule has 0 aliphatic heterocycles. The number of aliphatic hydroxyl groups is 5. The number of esters is 1. The summed E-state index contributed by atoms with van der Waals surface area (Å²) in [7, 11) is -5.03. The van der Waals surface area contributed by atoms with Crippen molar-refractivity contribution in [3.05, 3.63) is 48.6 Å². The minimum absolute atomic E-state index is 0.0787. The standard InChI is InChI=1S/C59H109O12P/c1-3-5-7-9-11-13-15-17-19-21-23-25-26-27-29-31-33-35-37-39-41-43-45-47-49-68-50-52(51-69-72(66,67)71-59-57(64)55(62)54(61)56(63)58(59)65)70-53(60)48-46-44-42-40-38-36-34-32-30-28-24-22-20-18-16-14-12-10-8-6-4-2/h15-18,21-24,52,54-59,61-65H,3-14,19-20,25-51H2,1-2H3,(H,66,67)/b17-15-,18-16-,23-21-,24-22-. The zero-order valence-corrected chi connectivity index (χ0v) is 46.6. The number of unbranched alkanes of at least 4 members (excludes halogenated alkanes) is 31. The SMILES string of the molecule is CCCCCCC/C=C\C/C=C\CCCCCCCCCCCCCCOCC(COP(=O)(O)OC1C(O)C(O)C(O)C(O)C1O)OC(=O)CCCCCCCCCCC/C=C\C/C=C\CCCCCCC. The van der Waals surface area contributed by atoms with E-state index in [4.69, 9.17) is 18.5 Å². The van der Waals surface area contributed by atoms with Gasteiger partial charge in [-0.3, -0.25) is 13.8 Å². The van der Waals surface area contributed by atoms with Gasteiger partial charge in [-0.05, 0) is 77.0 Å². The summed E-state index contributed by atoms with van der Waals surface area (Å²) in [6.45, 7) is 4.27. The predicted octanol–water partition coefficient (Wildman–Crippen LogP) is 14.3. The second kappa shape index (κ2) is 48.9. The number of rotatable bonds is 51. The van der Waals surface area contributed by atoms with Crippen molar-refractivity contribution in [2.75, 3.05) is 19.8 Å². The van der Waals surface area contributed by atoms with Gasteiger partial charge in [0.15, 0.2) is 0 Å². The maximum Gasteiger partial charge on any atom is 0.472 e. The Balaban J connectivity index is 2.28. The smallest absolute Gasteiger partial charge is 0.457 e. The summed E-state index contributed by atoms with van der Waals surface area (Å²) in [6, 6.07) is 0. The largest absolute Gasteiger partial charge is 0.472 e. The molecule has 13 heteroatoms. The van der Waals surface area contributed by atoms with Gasteiger partial charge in [0.25, 0.3) is 0 Å². The Labute approximate surface area is 439 Å². The van der Waals surface area contributed by atoms with Crippen LogP contribution in [0, 0.1) is 0 Å². The molecule has 422 valence electrons. The molecule has 6 N–H and O–H groups in total. The fourth-order valence-electron chi connectivity index (χ4n) is 9.01. The predicted molar refractivity (Wildman–Crippen MR) is 295 cm³/mol. The van der Waals surface area contributed by atoms with Crippen LogP contribution >= 0.6 is 7.82 Å². The molecule has 0 spiro atoms. The van der Waals surface area contributed by atoms with E-state index in [0.717, 1.165) is 57.8 Å². The highest BCUT2D eigenvalue weighted by molar-refractivity contribution is 7.47. The van der Waals surface area contributed by atoms with Crippen LogP contribution in [0.1, 0.15) is 258 Å². The van der Waals surface area contributed by atoms with Crippen molar-refractivity contribution >= 4 is 13.8 Å². The Morgan fingerprint density at radius 3 is 1.17 bits per heavy atom. The minimum Gasteiger partial charge on any atom is -0.457 e. The quantitative estimate of drug-likeness (QED) is 0.0146. The van der Waals surface area contributed by atoms with E-state index in [9.17, 15) is 39.8 Å². The van der Waals surface area contributed by atoms with Gasteiger partial charge in [0, 0.05) is 13.0 Å². The third kappa shape index (κ3) is 39.7. The molecule has 1 rings (SSSR count). The molecule has 0 aromatic rings. The van der Waals surface area contributed by atoms with Crippen LogP contribution < -0.4 is 0 Å². The van der Waals surface area contributed by atoms with Gasteiger partial charge in [-0.25, -0.2) is 4.57 Å². The minimum atomic E-state index is -5.03. The van der Waals surface area contributed by atoms with Crippen molar-refractivity contribution in [2.45, 2.75) is 301 Å². The third-order valence-electron chi connectivity index (χ3n) is 13.7. The number of carbonyl (C=O) groups is 1. The van der Waals surface area contributed by atoms with Gasteiger partial charge < -0.3 is 39.9 Å². The van der Waals surface area contributed by atoms with E-state index in [0.29, 0.717) is 13.0 Å². The average Bonchev–Trinajstić information content (AvgIpc) is 3.37. The van der Waals surface area contributed by atoms with Crippen LogP contribution in [0.25, 0.3) is 0 Å². The van der Waals surface area contributed by atoms with Crippen molar-refractivity contribution < 1.29 is 58.3 Å². The topological polar surface area (TPSA) is 192 Å². The lowest BCUT2D eigenvalue weighted by molar-refractivity contribution is -0.220. The number of allylic oxidation sites excluding steroid dienone is 8. The van der Waals surface area contributed by atoms with E-state index >= 15 is 0 Å². The molecule has 0 saturated heterocycles. The van der Waals surface area contributed by atoms with Crippen molar-refractivity contribution in [1.29, 1.82) is 0 Å². The Hall–Kier alpha value is -1.70. The van der Waals surface area contributed by atoms with Crippen LogP contribution in [0.2, 0.25) is 0 Å². The van der Waals surface area contributed by atoms with Crippen LogP contribution in [0.15, 0.2) is 48.6 Å². The highest BCUT2D eigenvalue weighted by Gasteiger charge is 2.51. The zero-order chi connectivity index (χ0) is 52.6. The molecule has 72 heavy (non-hydrogen) atoms. The summed E-state index contributed by atoms with van der Waals surface area (Å²) in [4.78, 5) is 23.3. The molecule has 6 atom stereocenters. The van der Waals surface area contributed by atoms with E-state index in [-0.39, 0.29) is 13.0 Å². The summed E-state index contributed by atoms with van der Waals surface area (Å²) < 4.78 is 34.4. The number of phosphoric ester groups is 1. The first-order valence-corrected chi connectivity index (χ1v) is 31.0. The molecule has 1 aliphatic carbocycles. The van der Waals surface area contributed by atoms with Crippen LogP contribution in [-0.2, 0) is 27.9 Å². The Bertz CT molecular complexity index is 1370. The zero-order valence-electron chi connectivity index (χ0n) is 45.7. The molecule has 0 radical (unpaired) electrons. The van der Waals surface area contributed by atoms with Crippen molar-refractivity contribution in [3.63, 3.8) is 0 Å². The lowest BCUT2D eigenvalue weighted by Gasteiger charge is -2.41. The first kappa shape index (κ1) is 68.3. The third-order valence-corrected chi connectivity index (χ3v) is 14.7. The first-order chi connectivity index (χ1) is 35.0. The van der Waals surface area contributed by atoms with Crippen molar-refractivity contribution in [2.24, 2.45) is 0 Å². The lowest BCUT2D eigenvalue weighted by atomic mass is 9.85. The molecule has 12 nitrogen and oxygen atoms in total. The van der Waals surface area contributed by atoms with E-state index in [1.807, 2.05) is 0 Å². The summed E-state index contributed by atoms with van der Waals surface area (Å²) in [5.74, 6) is -0.479. The number of hydrogen-bond acceptors (Lipinski definition) is 11. The van der Waals surface area contributed by atoms with Gasteiger partial charge in [-0.1, -0.05) is 223 Å². The number of ether oxygens (including phenoxy) is 2. The average molecular weight is 1040 g/mol. The maximum atomic E-state index is 12.9. The number of phosphoric acid groups is 1. The van der Waals surface area contributed by atoms with E-state index in [1.54, 1.807) is 0 Å². The molecule has 0 amide bonds. The van der Waals surface area contributed by atoms with Crippen LogP contribution in [-0.4, -0.2) is 98.9 Å². The fraction of sp³-hybridized carbons (Fsp3) is 0.847. The van der Waals surface area contributed by atoms with Crippen LogP contribution in [0.3, 0.4) is 0 Å².